The number of halogens is 1. The van der Waals surface area contributed by atoms with E-state index in [4.69, 9.17) is 0 Å². The van der Waals surface area contributed by atoms with Crippen molar-refractivity contribution in [1.29, 1.82) is 0 Å². The van der Waals surface area contributed by atoms with Crippen LogP contribution in [0.2, 0.25) is 0 Å². The standard InChI is InChI=1S/C13H21N3O2.ClH/c17-11-8-16(6-5-15-11)12(18)13-4-2-1-3-10(13)7-14-9-13;/h10,14H,1-9H2,(H,15,17);1H/t10-,13+;/m0./s1. The zero-order valence-corrected chi connectivity index (χ0v) is 11.9. The van der Waals surface area contributed by atoms with Gasteiger partial charge in [0, 0.05) is 19.6 Å². The number of hydrogen-bond acceptors (Lipinski definition) is 3. The smallest absolute Gasteiger partial charge is 0.239 e. The maximum Gasteiger partial charge on any atom is 0.239 e. The molecule has 0 unspecified atom stereocenters. The third-order valence-corrected chi connectivity index (χ3v) is 4.79. The lowest BCUT2D eigenvalue weighted by molar-refractivity contribution is -0.149. The van der Waals surface area contributed by atoms with Crippen LogP contribution in [0.3, 0.4) is 0 Å². The van der Waals surface area contributed by atoms with Crippen LogP contribution in [0.1, 0.15) is 25.7 Å². The average Bonchev–Trinajstić information content (AvgIpc) is 2.82. The van der Waals surface area contributed by atoms with Gasteiger partial charge in [-0.2, -0.15) is 0 Å². The third-order valence-electron chi connectivity index (χ3n) is 4.79. The summed E-state index contributed by atoms with van der Waals surface area (Å²) < 4.78 is 0. The summed E-state index contributed by atoms with van der Waals surface area (Å²) in [5.41, 5.74) is -0.212. The summed E-state index contributed by atoms with van der Waals surface area (Å²) in [6.45, 7) is 3.27. The van der Waals surface area contributed by atoms with Gasteiger partial charge in [-0.05, 0) is 25.3 Å². The fraction of sp³-hybridized carbons (Fsp3) is 0.846. The van der Waals surface area contributed by atoms with Gasteiger partial charge in [0.15, 0.2) is 0 Å². The molecule has 0 aromatic heterocycles. The molecule has 2 heterocycles. The molecule has 2 atom stereocenters. The molecule has 2 amide bonds. The summed E-state index contributed by atoms with van der Waals surface area (Å²) in [5, 5.41) is 6.17. The van der Waals surface area contributed by atoms with Crippen LogP contribution >= 0.6 is 12.4 Å². The number of amides is 2. The van der Waals surface area contributed by atoms with Crippen molar-refractivity contribution in [2.45, 2.75) is 25.7 Å². The van der Waals surface area contributed by atoms with Crippen LogP contribution in [-0.4, -0.2) is 49.4 Å². The minimum Gasteiger partial charge on any atom is -0.353 e. The van der Waals surface area contributed by atoms with E-state index in [9.17, 15) is 9.59 Å². The lowest BCUT2D eigenvalue weighted by Gasteiger charge is -2.41. The van der Waals surface area contributed by atoms with Crippen LogP contribution in [0, 0.1) is 11.3 Å². The zero-order valence-electron chi connectivity index (χ0n) is 11.1. The minimum atomic E-state index is -0.212. The van der Waals surface area contributed by atoms with Gasteiger partial charge in [-0.25, -0.2) is 0 Å². The highest BCUT2D eigenvalue weighted by Crippen LogP contribution is 2.45. The number of hydrogen-bond donors (Lipinski definition) is 2. The molecule has 0 aromatic rings. The molecule has 3 rings (SSSR count). The molecule has 6 heteroatoms. The first-order chi connectivity index (χ1) is 8.72. The first-order valence-electron chi connectivity index (χ1n) is 6.99. The van der Waals surface area contributed by atoms with Gasteiger partial charge < -0.3 is 15.5 Å². The largest absolute Gasteiger partial charge is 0.353 e. The van der Waals surface area contributed by atoms with E-state index in [-0.39, 0.29) is 36.2 Å². The Labute approximate surface area is 119 Å². The van der Waals surface area contributed by atoms with Crippen molar-refractivity contribution in [3.63, 3.8) is 0 Å². The predicted molar refractivity (Wildman–Crippen MR) is 74.1 cm³/mol. The Bertz CT molecular complexity index is 377. The monoisotopic (exact) mass is 287 g/mol. The summed E-state index contributed by atoms with van der Waals surface area (Å²) >= 11 is 0. The Balaban J connectivity index is 0.00000133. The molecule has 19 heavy (non-hydrogen) atoms. The van der Waals surface area contributed by atoms with E-state index in [0.29, 0.717) is 19.0 Å². The van der Waals surface area contributed by atoms with Gasteiger partial charge in [-0.1, -0.05) is 12.8 Å². The lowest BCUT2D eigenvalue weighted by atomic mass is 9.67. The zero-order chi connectivity index (χ0) is 12.6. The van der Waals surface area contributed by atoms with Crippen molar-refractivity contribution in [3.8, 4) is 0 Å². The summed E-state index contributed by atoms with van der Waals surface area (Å²) in [6, 6.07) is 0. The van der Waals surface area contributed by atoms with Crippen LogP contribution in [0.5, 0.6) is 0 Å². The van der Waals surface area contributed by atoms with Crippen molar-refractivity contribution in [3.05, 3.63) is 0 Å². The second-order valence-corrected chi connectivity index (χ2v) is 5.81. The topological polar surface area (TPSA) is 61.4 Å². The Morgan fingerprint density at radius 3 is 3.00 bits per heavy atom. The van der Waals surface area contributed by atoms with Gasteiger partial charge in [-0.3, -0.25) is 9.59 Å². The molecule has 3 fully saturated rings. The highest BCUT2D eigenvalue weighted by atomic mass is 35.5. The lowest BCUT2D eigenvalue weighted by Crippen LogP contribution is -2.56. The second kappa shape index (κ2) is 5.67. The summed E-state index contributed by atoms with van der Waals surface area (Å²) in [4.78, 5) is 26.0. The molecule has 1 saturated carbocycles. The van der Waals surface area contributed by atoms with Crippen LogP contribution < -0.4 is 10.6 Å². The minimum absolute atomic E-state index is 0. The molecule has 5 nitrogen and oxygen atoms in total. The quantitative estimate of drug-likeness (QED) is 0.722. The number of piperazine rings is 1. The van der Waals surface area contributed by atoms with Crippen molar-refractivity contribution in [2.75, 3.05) is 32.7 Å². The van der Waals surface area contributed by atoms with E-state index in [1.165, 1.54) is 6.42 Å². The maximum absolute atomic E-state index is 12.8. The first-order valence-corrected chi connectivity index (χ1v) is 6.99. The van der Waals surface area contributed by atoms with Crippen LogP contribution in [0.15, 0.2) is 0 Å². The SMILES string of the molecule is Cl.O=C1CN(C(=O)[C@@]23CCCC[C@H]2CNC3)CCN1. The van der Waals surface area contributed by atoms with Crippen LogP contribution in [-0.2, 0) is 9.59 Å². The third kappa shape index (κ3) is 2.46. The van der Waals surface area contributed by atoms with Crippen molar-refractivity contribution < 1.29 is 9.59 Å². The van der Waals surface area contributed by atoms with E-state index in [1.54, 1.807) is 4.90 Å². The molecule has 0 radical (unpaired) electrons. The van der Waals surface area contributed by atoms with Gasteiger partial charge >= 0.3 is 0 Å². The predicted octanol–water partition coefficient (Wildman–Crippen LogP) is 0.146. The van der Waals surface area contributed by atoms with E-state index in [0.717, 1.165) is 32.4 Å². The van der Waals surface area contributed by atoms with Gasteiger partial charge in [0.25, 0.3) is 0 Å². The van der Waals surface area contributed by atoms with Crippen molar-refractivity contribution in [2.24, 2.45) is 11.3 Å². The molecular formula is C13H22ClN3O2. The van der Waals surface area contributed by atoms with Crippen molar-refractivity contribution >= 4 is 24.2 Å². The summed E-state index contributed by atoms with van der Waals surface area (Å²) in [7, 11) is 0. The molecule has 3 aliphatic rings. The second-order valence-electron chi connectivity index (χ2n) is 5.81. The van der Waals surface area contributed by atoms with E-state index in [1.807, 2.05) is 0 Å². The summed E-state index contributed by atoms with van der Waals surface area (Å²) in [5.74, 6) is 0.667. The molecule has 108 valence electrons. The fourth-order valence-corrected chi connectivity index (χ4v) is 3.80. The van der Waals surface area contributed by atoms with E-state index in [2.05, 4.69) is 10.6 Å². The number of carbonyl (C=O) groups is 2. The van der Waals surface area contributed by atoms with Gasteiger partial charge in [0.2, 0.25) is 11.8 Å². The fourth-order valence-electron chi connectivity index (χ4n) is 3.80. The average molecular weight is 288 g/mol. The number of rotatable bonds is 1. The molecule has 2 saturated heterocycles. The molecule has 0 bridgehead atoms. The van der Waals surface area contributed by atoms with Crippen LogP contribution in [0.4, 0.5) is 0 Å². The number of nitrogens with one attached hydrogen (secondary N) is 2. The van der Waals surface area contributed by atoms with E-state index < -0.39 is 0 Å². The van der Waals surface area contributed by atoms with Crippen LogP contribution in [0.25, 0.3) is 0 Å². The normalized spacial score (nSPS) is 34.2. The molecule has 1 aliphatic carbocycles. The van der Waals surface area contributed by atoms with Gasteiger partial charge in [0.05, 0.1) is 12.0 Å². The molecule has 0 aromatic carbocycles. The molecular weight excluding hydrogens is 266 g/mol. The number of fused-ring (bicyclic) bond motifs is 1. The van der Waals surface area contributed by atoms with Gasteiger partial charge in [-0.15, -0.1) is 12.4 Å². The Morgan fingerprint density at radius 2 is 2.21 bits per heavy atom. The molecule has 0 spiro atoms. The molecule has 2 aliphatic heterocycles. The summed E-state index contributed by atoms with van der Waals surface area (Å²) in [6.07, 6.45) is 4.52. The maximum atomic E-state index is 12.8. The first kappa shape index (κ1) is 14.6. The Kier molecular flexibility index (Phi) is 4.36. The Morgan fingerprint density at radius 1 is 1.37 bits per heavy atom. The number of nitrogens with zero attached hydrogens (tertiary/aromatic N) is 1. The molecule has 2 N–H and O–H groups in total. The van der Waals surface area contributed by atoms with Crippen molar-refractivity contribution in [1.82, 2.24) is 15.5 Å². The van der Waals surface area contributed by atoms with E-state index >= 15 is 0 Å². The Hall–Kier alpha value is -0.810. The highest BCUT2D eigenvalue weighted by molar-refractivity contribution is 5.89. The number of carbonyl (C=O) groups excluding carboxylic acids is 2. The van der Waals surface area contributed by atoms with Gasteiger partial charge in [0.1, 0.15) is 0 Å². The highest BCUT2D eigenvalue weighted by Gasteiger charge is 2.51.